The van der Waals surface area contributed by atoms with Crippen LogP contribution in [0.4, 0.5) is 23.1 Å². The normalized spacial score (nSPS) is 12.1. The molecule has 0 bridgehead atoms. The average Bonchev–Trinajstić information content (AvgIpc) is 3.19. The number of ether oxygens (including phenoxy) is 3. The number of hydrogen-bond donors (Lipinski definition) is 1. The maximum absolute atomic E-state index is 6.52. The first-order valence-corrected chi connectivity index (χ1v) is 9.14. The quantitative estimate of drug-likeness (QED) is 0.633. The predicted octanol–water partition coefficient (Wildman–Crippen LogP) is 4.39. The highest BCUT2D eigenvalue weighted by molar-refractivity contribution is 6.34. The molecule has 2 aromatic carbocycles. The van der Waals surface area contributed by atoms with E-state index in [1.54, 1.807) is 25.4 Å². The number of methoxy groups -OCH3 is 1. The number of nitrogens with zero attached hydrogens (tertiary/aromatic N) is 3. The van der Waals surface area contributed by atoms with Gasteiger partial charge in [0.2, 0.25) is 12.7 Å². The van der Waals surface area contributed by atoms with Crippen LogP contribution in [-0.4, -0.2) is 37.0 Å². The second-order valence-corrected chi connectivity index (χ2v) is 6.41. The average molecular weight is 399 g/mol. The standard InChI is InChI=1S/C20H19ClN4O3/c1-26-12-11-25(18-15(21)7-8-16-19(18)28-13-27-16)17-9-10-22-20(24-17)23-14-5-3-2-4-6-14/h2-10H,11-13H2,1H3,(H,22,23,24). The summed E-state index contributed by atoms with van der Waals surface area (Å²) in [4.78, 5) is 10.9. The van der Waals surface area contributed by atoms with E-state index in [9.17, 15) is 0 Å². The van der Waals surface area contributed by atoms with Crippen molar-refractivity contribution in [1.82, 2.24) is 9.97 Å². The Labute approximate surface area is 167 Å². The summed E-state index contributed by atoms with van der Waals surface area (Å²) in [7, 11) is 1.65. The van der Waals surface area contributed by atoms with Crippen molar-refractivity contribution < 1.29 is 14.2 Å². The van der Waals surface area contributed by atoms with Gasteiger partial charge in [-0.05, 0) is 30.3 Å². The van der Waals surface area contributed by atoms with Gasteiger partial charge in [0.1, 0.15) is 11.5 Å². The fourth-order valence-electron chi connectivity index (χ4n) is 2.92. The lowest BCUT2D eigenvalue weighted by molar-refractivity contribution is 0.174. The molecule has 0 atom stereocenters. The van der Waals surface area contributed by atoms with Crippen LogP contribution in [-0.2, 0) is 4.74 Å². The molecule has 4 rings (SSSR count). The van der Waals surface area contributed by atoms with Crippen LogP contribution in [0.3, 0.4) is 0 Å². The third-order valence-corrected chi connectivity index (χ3v) is 4.51. The van der Waals surface area contributed by atoms with Crippen LogP contribution in [0.1, 0.15) is 0 Å². The molecule has 0 aliphatic carbocycles. The number of anilines is 4. The van der Waals surface area contributed by atoms with Crippen molar-refractivity contribution in [2.24, 2.45) is 0 Å². The minimum atomic E-state index is 0.158. The van der Waals surface area contributed by atoms with Crippen molar-refractivity contribution in [3.63, 3.8) is 0 Å². The Morgan fingerprint density at radius 3 is 2.82 bits per heavy atom. The molecule has 1 aliphatic rings. The van der Waals surface area contributed by atoms with E-state index < -0.39 is 0 Å². The summed E-state index contributed by atoms with van der Waals surface area (Å²) < 4.78 is 16.5. The molecule has 8 heteroatoms. The molecule has 7 nitrogen and oxygen atoms in total. The van der Waals surface area contributed by atoms with Crippen LogP contribution in [0, 0.1) is 0 Å². The van der Waals surface area contributed by atoms with Crippen molar-refractivity contribution in [3.05, 3.63) is 59.8 Å². The number of benzene rings is 2. The van der Waals surface area contributed by atoms with Crippen LogP contribution in [0.5, 0.6) is 11.5 Å². The summed E-state index contributed by atoms with van der Waals surface area (Å²) in [6, 6.07) is 15.1. The van der Waals surface area contributed by atoms with E-state index in [-0.39, 0.29) is 6.79 Å². The first-order valence-electron chi connectivity index (χ1n) is 8.76. The maximum atomic E-state index is 6.52. The van der Waals surface area contributed by atoms with Gasteiger partial charge in [0, 0.05) is 25.5 Å². The number of aromatic nitrogens is 2. The molecule has 0 amide bonds. The maximum Gasteiger partial charge on any atom is 0.231 e. The predicted molar refractivity (Wildman–Crippen MR) is 108 cm³/mol. The second kappa shape index (κ2) is 8.33. The SMILES string of the molecule is COCCN(c1ccnc(Nc2ccccc2)n1)c1c(Cl)ccc2c1OCO2. The summed E-state index contributed by atoms with van der Waals surface area (Å²) in [5.74, 6) is 2.39. The number of rotatable bonds is 7. The van der Waals surface area contributed by atoms with E-state index in [0.717, 1.165) is 5.69 Å². The number of hydrogen-bond acceptors (Lipinski definition) is 7. The van der Waals surface area contributed by atoms with Crippen molar-refractivity contribution in [3.8, 4) is 11.5 Å². The van der Waals surface area contributed by atoms with E-state index in [2.05, 4.69) is 15.3 Å². The summed E-state index contributed by atoms with van der Waals surface area (Å²) in [5.41, 5.74) is 1.59. The van der Waals surface area contributed by atoms with Gasteiger partial charge in [-0.25, -0.2) is 4.98 Å². The van der Waals surface area contributed by atoms with Gasteiger partial charge in [0.05, 0.1) is 11.6 Å². The smallest absolute Gasteiger partial charge is 0.231 e. The molecule has 3 aromatic rings. The van der Waals surface area contributed by atoms with Crippen LogP contribution >= 0.6 is 11.6 Å². The molecule has 0 radical (unpaired) electrons. The van der Waals surface area contributed by atoms with E-state index in [1.807, 2.05) is 41.3 Å². The Kier molecular flexibility index (Phi) is 5.45. The van der Waals surface area contributed by atoms with Gasteiger partial charge < -0.3 is 24.4 Å². The van der Waals surface area contributed by atoms with Gasteiger partial charge in [0.15, 0.2) is 11.5 Å². The highest BCUT2D eigenvalue weighted by Gasteiger charge is 2.26. The second-order valence-electron chi connectivity index (χ2n) is 6.00. The Morgan fingerprint density at radius 2 is 2.00 bits per heavy atom. The Bertz CT molecular complexity index is 955. The third kappa shape index (κ3) is 3.81. The monoisotopic (exact) mass is 398 g/mol. The molecule has 0 fully saturated rings. The highest BCUT2D eigenvalue weighted by atomic mass is 35.5. The van der Waals surface area contributed by atoms with Crippen molar-refractivity contribution >= 4 is 34.7 Å². The van der Waals surface area contributed by atoms with E-state index >= 15 is 0 Å². The number of fused-ring (bicyclic) bond motifs is 1. The Balaban J connectivity index is 1.71. The number of para-hydroxylation sites is 1. The molecule has 1 N–H and O–H groups in total. The largest absolute Gasteiger partial charge is 0.454 e. The van der Waals surface area contributed by atoms with Gasteiger partial charge in [-0.3, -0.25) is 0 Å². The topological polar surface area (TPSA) is 68.7 Å². The summed E-state index contributed by atoms with van der Waals surface area (Å²) >= 11 is 6.52. The van der Waals surface area contributed by atoms with Gasteiger partial charge in [-0.2, -0.15) is 4.98 Å². The lowest BCUT2D eigenvalue weighted by atomic mass is 10.2. The van der Waals surface area contributed by atoms with Gasteiger partial charge in [0.25, 0.3) is 0 Å². The zero-order chi connectivity index (χ0) is 19.3. The first kappa shape index (κ1) is 18.3. The third-order valence-electron chi connectivity index (χ3n) is 4.20. The van der Waals surface area contributed by atoms with Crippen molar-refractivity contribution in [2.75, 3.05) is 37.3 Å². The van der Waals surface area contributed by atoms with Crippen molar-refractivity contribution in [2.45, 2.75) is 0 Å². The van der Waals surface area contributed by atoms with Crippen LogP contribution in [0.15, 0.2) is 54.7 Å². The molecule has 2 heterocycles. The van der Waals surface area contributed by atoms with Gasteiger partial charge in [-0.1, -0.05) is 29.8 Å². The first-order chi connectivity index (χ1) is 13.8. The number of nitrogens with one attached hydrogen (secondary N) is 1. The van der Waals surface area contributed by atoms with E-state index in [1.165, 1.54) is 0 Å². The molecular weight excluding hydrogens is 380 g/mol. The van der Waals surface area contributed by atoms with Crippen LogP contribution < -0.4 is 19.7 Å². The van der Waals surface area contributed by atoms with Crippen LogP contribution in [0.25, 0.3) is 0 Å². The molecule has 0 saturated carbocycles. The fraction of sp³-hybridized carbons (Fsp3) is 0.200. The van der Waals surface area contributed by atoms with E-state index in [0.29, 0.717) is 47.1 Å². The van der Waals surface area contributed by atoms with Gasteiger partial charge in [-0.15, -0.1) is 0 Å². The molecule has 1 aromatic heterocycles. The minimum absolute atomic E-state index is 0.158. The lowest BCUT2D eigenvalue weighted by Crippen LogP contribution is -2.24. The highest BCUT2D eigenvalue weighted by Crippen LogP contribution is 2.47. The zero-order valence-corrected chi connectivity index (χ0v) is 16.0. The lowest BCUT2D eigenvalue weighted by Gasteiger charge is -2.25. The summed E-state index contributed by atoms with van der Waals surface area (Å²) in [5, 5.41) is 3.74. The minimum Gasteiger partial charge on any atom is -0.454 e. The summed E-state index contributed by atoms with van der Waals surface area (Å²) in [6.45, 7) is 1.16. The zero-order valence-electron chi connectivity index (χ0n) is 15.3. The molecular formula is C20H19ClN4O3. The molecule has 1 aliphatic heterocycles. The van der Waals surface area contributed by atoms with Crippen LogP contribution in [0.2, 0.25) is 5.02 Å². The van der Waals surface area contributed by atoms with Crippen molar-refractivity contribution in [1.29, 1.82) is 0 Å². The molecule has 0 spiro atoms. The summed E-state index contributed by atoms with van der Waals surface area (Å²) in [6.07, 6.45) is 1.70. The molecule has 28 heavy (non-hydrogen) atoms. The fourth-order valence-corrected chi connectivity index (χ4v) is 3.17. The van der Waals surface area contributed by atoms with E-state index in [4.69, 9.17) is 25.8 Å². The van der Waals surface area contributed by atoms with Gasteiger partial charge >= 0.3 is 0 Å². The Morgan fingerprint density at radius 1 is 1.14 bits per heavy atom. The Hall–Kier alpha value is -3.03. The molecule has 0 saturated heterocycles. The molecule has 144 valence electrons. The number of halogens is 1. The molecule has 0 unspecified atom stereocenters.